The number of hydrogen-bond acceptors (Lipinski definition) is 5. The van der Waals surface area contributed by atoms with Crippen LogP contribution in [0, 0.1) is 24.0 Å². The Balaban J connectivity index is 3.04. The molecule has 0 heterocycles. The van der Waals surface area contributed by atoms with Gasteiger partial charge in [-0.2, -0.15) is 0 Å². The van der Waals surface area contributed by atoms with Gasteiger partial charge in [-0.3, -0.25) is 10.1 Å². The minimum atomic E-state index is -0.422. The second-order valence-electron chi connectivity index (χ2n) is 6.28. The predicted molar refractivity (Wildman–Crippen MR) is 111 cm³/mol. The van der Waals surface area contributed by atoms with Gasteiger partial charge in [-0.15, -0.1) is 0 Å². The third kappa shape index (κ3) is 6.54. The Morgan fingerprint density at radius 3 is 2.46 bits per heavy atom. The van der Waals surface area contributed by atoms with Crippen LogP contribution < -0.4 is 4.74 Å². The summed E-state index contributed by atoms with van der Waals surface area (Å²) in [6.07, 6.45) is 10.7. The molecule has 0 aliphatic heterocycles. The van der Waals surface area contributed by atoms with Crippen molar-refractivity contribution >= 4 is 17.7 Å². The van der Waals surface area contributed by atoms with E-state index in [-0.39, 0.29) is 17.4 Å². The monoisotopic (exact) mass is 385 g/mol. The molecule has 1 aromatic rings. The number of carbonyl (C=O) groups is 1. The molecule has 0 bridgehead atoms. The van der Waals surface area contributed by atoms with Gasteiger partial charge in [0.05, 0.1) is 18.6 Å². The molecule has 0 spiro atoms. The highest BCUT2D eigenvalue weighted by Crippen LogP contribution is 2.35. The van der Waals surface area contributed by atoms with Crippen molar-refractivity contribution in [1.29, 1.82) is 0 Å². The highest BCUT2D eigenvalue weighted by atomic mass is 16.6. The summed E-state index contributed by atoms with van der Waals surface area (Å²) < 4.78 is 10.0. The van der Waals surface area contributed by atoms with Crippen molar-refractivity contribution in [2.75, 3.05) is 13.7 Å². The zero-order valence-electron chi connectivity index (χ0n) is 17.2. The molecule has 0 N–H and O–H groups in total. The van der Waals surface area contributed by atoms with Crippen LogP contribution in [0.15, 0.2) is 47.6 Å². The van der Waals surface area contributed by atoms with Crippen molar-refractivity contribution in [3.63, 3.8) is 0 Å². The molecular weight excluding hydrogens is 358 g/mol. The van der Waals surface area contributed by atoms with Crippen LogP contribution in [0.1, 0.15) is 37.5 Å². The number of allylic oxidation sites excluding steroid dienone is 6. The van der Waals surface area contributed by atoms with Crippen molar-refractivity contribution < 1.29 is 19.2 Å². The zero-order valence-corrected chi connectivity index (χ0v) is 17.2. The van der Waals surface area contributed by atoms with E-state index in [0.29, 0.717) is 12.2 Å². The largest absolute Gasteiger partial charge is 0.490 e. The van der Waals surface area contributed by atoms with E-state index in [1.54, 1.807) is 19.9 Å². The van der Waals surface area contributed by atoms with Crippen molar-refractivity contribution in [1.82, 2.24) is 0 Å². The van der Waals surface area contributed by atoms with Gasteiger partial charge in [-0.25, -0.2) is 4.79 Å². The standard InChI is InChI=1S/C22H27NO5/c1-7-28-21(24)13-16(3)10-8-9-15(2)11-12-19-17(4)14-20(27-6)22(18(19)5)23(25)26/h8-14H,7H2,1-6H3/b10-8+,12-11+,15-9+,16-13+. The normalized spacial score (nSPS) is 12.6. The number of aryl methyl sites for hydroxylation is 1. The first-order valence-corrected chi connectivity index (χ1v) is 8.91. The molecule has 0 aliphatic rings. The van der Waals surface area contributed by atoms with Crippen molar-refractivity contribution in [2.45, 2.75) is 34.6 Å². The Bertz CT molecular complexity index is 860. The number of carbonyl (C=O) groups excluding carboxylic acids is 1. The summed E-state index contributed by atoms with van der Waals surface area (Å²) >= 11 is 0. The maximum atomic E-state index is 11.4. The van der Waals surface area contributed by atoms with E-state index in [2.05, 4.69) is 0 Å². The number of nitro groups is 1. The Morgan fingerprint density at radius 1 is 1.21 bits per heavy atom. The van der Waals surface area contributed by atoms with Crippen LogP contribution in [0.2, 0.25) is 0 Å². The smallest absolute Gasteiger partial charge is 0.330 e. The molecule has 0 aliphatic carbocycles. The van der Waals surface area contributed by atoms with E-state index in [0.717, 1.165) is 22.3 Å². The number of hydrogen-bond donors (Lipinski definition) is 0. The number of rotatable bonds is 8. The number of methoxy groups -OCH3 is 1. The number of nitro benzene ring substituents is 1. The molecule has 28 heavy (non-hydrogen) atoms. The van der Waals surface area contributed by atoms with E-state index in [9.17, 15) is 14.9 Å². The molecule has 1 aromatic carbocycles. The lowest BCUT2D eigenvalue weighted by molar-refractivity contribution is -0.386. The zero-order chi connectivity index (χ0) is 21.3. The average molecular weight is 385 g/mol. The summed E-state index contributed by atoms with van der Waals surface area (Å²) in [5.74, 6) is -0.103. The highest BCUT2D eigenvalue weighted by molar-refractivity contribution is 5.83. The molecule has 0 aromatic heterocycles. The van der Waals surface area contributed by atoms with Gasteiger partial charge in [0.25, 0.3) is 0 Å². The fourth-order valence-electron chi connectivity index (χ4n) is 2.63. The first-order valence-electron chi connectivity index (χ1n) is 8.91. The maximum Gasteiger partial charge on any atom is 0.330 e. The Labute approximate surface area is 166 Å². The molecule has 0 radical (unpaired) electrons. The van der Waals surface area contributed by atoms with Gasteiger partial charge in [-0.05, 0) is 57.4 Å². The van der Waals surface area contributed by atoms with Gasteiger partial charge < -0.3 is 9.47 Å². The predicted octanol–water partition coefficient (Wildman–Crippen LogP) is 5.25. The Kier molecular flexibility index (Phi) is 8.88. The second kappa shape index (κ2) is 10.9. The van der Waals surface area contributed by atoms with Gasteiger partial charge >= 0.3 is 11.7 Å². The SMILES string of the molecule is CCOC(=O)/C=C(C)/C=C/C=C(C)/C=C/c1c(C)cc(OC)c([N+](=O)[O-])c1C. The molecule has 0 saturated heterocycles. The van der Waals surface area contributed by atoms with Crippen LogP contribution in [-0.4, -0.2) is 24.6 Å². The summed E-state index contributed by atoms with van der Waals surface area (Å²) in [5.41, 5.74) is 3.97. The molecule has 150 valence electrons. The van der Waals surface area contributed by atoms with E-state index in [1.165, 1.54) is 13.2 Å². The van der Waals surface area contributed by atoms with Crippen LogP contribution in [-0.2, 0) is 9.53 Å². The summed E-state index contributed by atoms with van der Waals surface area (Å²) in [6, 6.07) is 1.67. The molecule has 1 rings (SSSR count). The van der Waals surface area contributed by atoms with Gasteiger partial charge in [0, 0.05) is 11.6 Å². The molecule has 6 nitrogen and oxygen atoms in total. The highest BCUT2D eigenvalue weighted by Gasteiger charge is 2.21. The fourth-order valence-corrected chi connectivity index (χ4v) is 2.63. The summed E-state index contributed by atoms with van der Waals surface area (Å²) in [6.45, 7) is 9.45. The average Bonchev–Trinajstić information content (AvgIpc) is 2.60. The lowest BCUT2D eigenvalue weighted by Gasteiger charge is -2.10. The van der Waals surface area contributed by atoms with Crippen LogP contribution in [0.25, 0.3) is 6.08 Å². The van der Waals surface area contributed by atoms with Gasteiger partial charge in [0.2, 0.25) is 0 Å². The summed E-state index contributed by atoms with van der Waals surface area (Å²) in [7, 11) is 1.42. The van der Waals surface area contributed by atoms with Crippen LogP contribution in [0.4, 0.5) is 5.69 Å². The first-order chi connectivity index (χ1) is 13.2. The number of ether oxygens (including phenoxy) is 2. The van der Waals surface area contributed by atoms with E-state index < -0.39 is 4.92 Å². The Morgan fingerprint density at radius 2 is 1.89 bits per heavy atom. The van der Waals surface area contributed by atoms with Gasteiger partial charge in [0.15, 0.2) is 5.75 Å². The third-order valence-corrected chi connectivity index (χ3v) is 4.03. The van der Waals surface area contributed by atoms with Crippen molar-refractivity contribution in [2.24, 2.45) is 0 Å². The molecule has 0 unspecified atom stereocenters. The first kappa shape index (κ1) is 22.9. The van der Waals surface area contributed by atoms with Crippen LogP contribution >= 0.6 is 0 Å². The molecule has 0 saturated carbocycles. The summed E-state index contributed by atoms with van der Waals surface area (Å²) in [5, 5.41) is 11.4. The van der Waals surface area contributed by atoms with Crippen molar-refractivity contribution in [3.05, 3.63) is 74.4 Å². The summed E-state index contributed by atoms with van der Waals surface area (Å²) in [4.78, 5) is 22.3. The molecular formula is C22H27NO5. The van der Waals surface area contributed by atoms with Gasteiger partial charge in [-0.1, -0.05) is 36.0 Å². The van der Waals surface area contributed by atoms with E-state index in [1.807, 2.05) is 51.2 Å². The molecule has 0 fully saturated rings. The lowest BCUT2D eigenvalue weighted by atomic mass is 9.99. The minimum absolute atomic E-state index is 0.0194. The van der Waals surface area contributed by atoms with Crippen molar-refractivity contribution in [3.8, 4) is 5.75 Å². The quantitative estimate of drug-likeness (QED) is 0.201. The van der Waals surface area contributed by atoms with Crippen LogP contribution in [0.5, 0.6) is 5.75 Å². The van der Waals surface area contributed by atoms with E-state index in [4.69, 9.17) is 9.47 Å². The number of esters is 1. The number of benzene rings is 1. The van der Waals surface area contributed by atoms with Crippen LogP contribution in [0.3, 0.4) is 0 Å². The minimum Gasteiger partial charge on any atom is -0.490 e. The molecule has 6 heteroatoms. The van der Waals surface area contributed by atoms with Gasteiger partial charge in [0.1, 0.15) is 0 Å². The third-order valence-electron chi connectivity index (χ3n) is 4.03. The Hall–Kier alpha value is -3.15. The molecule has 0 amide bonds. The van der Waals surface area contributed by atoms with E-state index >= 15 is 0 Å². The fraction of sp³-hybridized carbons (Fsp3) is 0.318. The maximum absolute atomic E-state index is 11.4. The number of nitrogens with zero attached hydrogens (tertiary/aromatic N) is 1. The topological polar surface area (TPSA) is 78.7 Å². The lowest BCUT2D eigenvalue weighted by Crippen LogP contribution is -2.00. The molecule has 0 atom stereocenters. The second-order valence-corrected chi connectivity index (χ2v) is 6.28.